The molecule has 0 atom stereocenters. The molecule has 1 aromatic carbocycles. The Morgan fingerprint density at radius 3 is 2.79 bits per heavy atom. The lowest BCUT2D eigenvalue weighted by atomic mass is 10.1. The van der Waals surface area contributed by atoms with Crippen molar-refractivity contribution in [2.75, 3.05) is 19.5 Å². The fraction of sp³-hybridized carbons (Fsp3) is 0.500. The molecule has 104 valence electrons. The highest BCUT2D eigenvalue weighted by Crippen LogP contribution is 2.25. The fourth-order valence-electron chi connectivity index (χ4n) is 2.61. The molecule has 3 heteroatoms. The maximum Gasteiger partial charge on any atom is 0.0514 e. The van der Waals surface area contributed by atoms with Gasteiger partial charge in [-0.1, -0.05) is 13.8 Å². The van der Waals surface area contributed by atoms with Gasteiger partial charge in [-0.3, -0.25) is 0 Å². The Hall–Kier alpha value is -1.48. The third kappa shape index (κ3) is 3.29. The lowest BCUT2D eigenvalue weighted by molar-refractivity contribution is 0.195. The zero-order chi connectivity index (χ0) is 13.8. The molecule has 1 heterocycles. The van der Waals surface area contributed by atoms with Crippen molar-refractivity contribution in [2.45, 2.75) is 33.2 Å². The number of benzene rings is 1. The second kappa shape index (κ2) is 6.11. The molecule has 0 spiro atoms. The Morgan fingerprint density at radius 1 is 1.32 bits per heavy atom. The van der Waals surface area contributed by atoms with Crippen LogP contribution >= 0.6 is 0 Å². The number of hydrogen-bond acceptors (Lipinski definition) is 2. The van der Waals surface area contributed by atoms with Crippen LogP contribution in [0.5, 0.6) is 0 Å². The fourth-order valence-corrected chi connectivity index (χ4v) is 2.61. The zero-order valence-electron chi connectivity index (χ0n) is 12.1. The van der Waals surface area contributed by atoms with Crippen LogP contribution in [0.25, 0.3) is 10.9 Å². The minimum atomic E-state index is 0.639. The monoisotopic (exact) mass is 260 g/mol. The zero-order valence-corrected chi connectivity index (χ0v) is 12.1. The first kappa shape index (κ1) is 13.9. The Kier molecular flexibility index (Phi) is 4.48. The summed E-state index contributed by atoms with van der Waals surface area (Å²) in [5.41, 5.74) is 9.51. The lowest BCUT2D eigenvalue weighted by Crippen LogP contribution is -2.05. The second-order valence-corrected chi connectivity index (χ2v) is 5.58. The molecule has 0 aliphatic heterocycles. The number of nitrogen functional groups attached to an aromatic ring is 1. The van der Waals surface area contributed by atoms with Crippen molar-refractivity contribution in [3.63, 3.8) is 0 Å². The van der Waals surface area contributed by atoms with Crippen molar-refractivity contribution in [3.8, 4) is 0 Å². The van der Waals surface area contributed by atoms with Gasteiger partial charge in [-0.25, -0.2) is 0 Å². The van der Waals surface area contributed by atoms with E-state index in [-0.39, 0.29) is 0 Å². The van der Waals surface area contributed by atoms with Gasteiger partial charge >= 0.3 is 0 Å². The number of aromatic nitrogens is 1. The highest BCUT2D eigenvalue weighted by Gasteiger charge is 2.09. The third-order valence-electron chi connectivity index (χ3n) is 3.32. The van der Waals surface area contributed by atoms with E-state index < -0.39 is 0 Å². The summed E-state index contributed by atoms with van der Waals surface area (Å²) >= 11 is 0. The van der Waals surface area contributed by atoms with E-state index in [1.165, 1.54) is 16.5 Å². The number of ether oxygens (including phenoxy) is 1. The van der Waals surface area contributed by atoms with Gasteiger partial charge in [-0.05, 0) is 42.5 Å². The summed E-state index contributed by atoms with van der Waals surface area (Å²) in [6.45, 7) is 6.33. The van der Waals surface area contributed by atoms with E-state index in [4.69, 9.17) is 10.5 Å². The quantitative estimate of drug-likeness (QED) is 0.638. The normalized spacial score (nSPS) is 11.6. The molecular weight excluding hydrogens is 236 g/mol. The van der Waals surface area contributed by atoms with E-state index in [9.17, 15) is 0 Å². The molecule has 0 fully saturated rings. The molecule has 0 amide bonds. The Morgan fingerprint density at radius 2 is 2.11 bits per heavy atom. The number of anilines is 1. The van der Waals surface area contributed by atoms with Gasteiger partial charge in [0.2, 0.25) is 0 Å². The summed E-state index contributed by atoms with van der Waals surface area (Å²) in [6.07, 6.45) is 4.21. The molecule has 0 bridgehead atoms. The first-order valence-electron chi connectivity index (χ1n) is 6.98. The summed E-state index contributed by atoms with van der Waals surface area (Å²) in [6, 6.07) is 6.33. The topological polar surface area (TPSA) is 40.2 Å². The van der Waals surface area contributed by atoms with Gasteiger partial charge in [0.25, 0.3) is 0 Å². The minimum absolute atomic E-state index is 0.639. The number of aryl methyl sites for hydroxylation is 1. The SMILES string of the molecule is COCCCc1cc(N)cc2ccn(CC(C)C)c12. The number of rotatable bonds is 6. The highest BCUT2D eigenvalue weighted by atomic mass is 16.5. The van der Waals surface area contributed by atoms with Crippen molar-refractivity contribution >= 4 is 16.6 Å². The molecule has 1 aromatic heterocycles. The molecule has 0 unspecified atom stereocenters. The van der Waals surface area contributed by atoms with Crippen LogP contribution in [0, 0.1) is 5.92 Å². The number of methoxy groups -OCH3 is 1. The van der Waals surface area contributed by atoms with Crippen molar-refractivity contribution in [1.82, 2.24) is 4.57 Å². The van der Waals surface area contributed by atoms with E-state index in [0.717, 1.165) is 31.7 Å². The Balaban J connectivity index is 2.37. The molecule has 0 aliphatic carbocycles. The van der Waals surface area contributed by atoms with Crippen LogP contribution in [0.3, 0.4) is 0 Å². The van der Waals surface area contributed by atoms with Crippen molar-refractivity contribution < 1.29 is 4.74 Å². The molecule has 0 aliphatic rings. The van der Waals surface area contributed by atoms with Crippen molar-refractivity contribution in [1.29, 1.82) is 0 Å². The summed E-state index contributed by atoms with van der Waals surface area (Å²) in [5.74, 6) is 0.639. The molecule has 0 saturated carbocycles. The third-order valence-corrected chi connectivity index (χ3v) is 3.32. The molecule has 2 rings (SSSR count). The number of fused-ring (bicyclic) bond motifs is 1. The van der Waals surface area contributed by atoms with Crippen LogP contribution in [0.1, 0.15) is 25.8 Å². The van der Waals surface area contributed by atoms with Gasteiger partial charge in [0, 0.05) is 37.5 Å². The summed E-state index contributed by atoms with van der Waals surface area (Å²) < 4.78 is 7.49. The standard InChI is InChI=1S/C16H24N2O/c1-12(2)11-18-7-6-14-10-15(17)9-13(16(14)18)5-4-8-19-3/h6-7,9-10,12H,4-5,8,11,17H2,1-3H3. The Bertz CT molecular complexity index is 543. The summed E-state index contributed by atoms with van der Waals surface area (Å²) in [4.78, 5) is 0. The van der Waals surface area contributed by atoms with Crippen LogP contribution < -0.4 is 5.73 Å². The molecule has 3 nitrogen and oxygen atoms in total. The number of hydrogen-bond donors (Lipinski definition) is 1. The number of nitrogens with zero attached hydrogens (tertiary/aromatic N) is 1. The molecule has 19 heavy (non-hydrogen) atoms. The molecule has 0 radical (unpaired) electrons. The minimum Gasteiger partial charge on any atom is -0.399 e. The van der Waals surface area contributed by atoms with E-state index in [1.807, 2.05) is 0 Å². The molecule has 0 saturated heterocycles. The van der Waals surface area contributed by atoms with Gasteiger partial charge < -0.3 is 15.0 Å². The lowest BCUT2D eigenvalue weighted by Gasteiger charge is -2.12. The van der Waals surface area contributed by atoms with Gasteiger partial charge in [-0.2, -0.15) is 0 Å². The van der Waals surface area contributed by atoms with Crippen LogP contribution in [-0.4, -0.2) is 18.3 Å². The highest BCUT2D eigenvalue weighted by molar-refractivity contribution is 5.86. The summed E-state index contributed by atoms with van der Waals surface area (Å²) in [7, 11) is 1.75. The maximum atomic E-state index is 6.00. The van der Waals surface area contributed by atoms with E-state index >= 15 is 0 Å². The van der Waals surface area contributed by atoms with Crippen LogP contribution in [0.4, 0.5) is 5.69 Å². The predicted molar refractivity (Wildman–Crippen MR) is 81.4 cm³/mol. The number of nitrogens with two attached hydrogens (primary N) is 1. The second-order valence-electron chi connectivity index (χ2n) is 5.58. The van der Waals surface area contributed by atoms with E-state index in [0.29, 0.717) is 5.92 Å². The van der Waals surface area contributed by atoms with Gasteiger partial charge in [-0.15, -0.1) is 0 Å². The first-order chi connectivity index (χ1) is 9.11. The van der Waals surface area contributed by atoms with Crippen LogP contribution in [-0.2, 0) is 17.7 Å². The Labute approximate surface area is 115 Å². The van der Waals surface area contributed by atoms with Crippen molar-refractivity contribution in [2.24, 2.45) is 5.92 Å². The first-order valence-corrected chi connectivity index (χ1v) is 6.98. The predicted octanol–water partition coefficient (Wildman–Crippen LogP) is 3.46. The van der Waals surface area contributed by atoms with Crippen LogP contribution in [0.15, 0.2) is 24.4 Å². The van der Waals surface area contributed by atoms with Crippen LogP contribution in [0.2, 0.25) is 0 Å². The maximum absolute atomic E-state index is 6.00. The van der Waals surface area contributed by atoms with Gasteiger partial charge in [0.15, 0.2) is 0 Å². The summed E-state index contributed by atoms with van der Waals surface area (Å²) in [5, 5.41) is 1.24. The molecule has 2 aromatic rings. The van der Waals surface area contributed by atoms with Gasteiger partial charge in [0.1, 0.15) is 0 Å². The average molecular weight is 260 g/mol. The average Bonchev–Trinajstić information content (AvgIpc) is 2.71. The van der Waals surface area contributed by atoms with E-state index in [2.05, 4.69) is 42.8 Å². The van der Waals surface area contributed by atoms with Gasteiger partial charge in [0.05, 0.1) is 5.52 Å². The molecule has 2 N–H and O–H groups in total. The van der Waals surface area contributed by atoms with Crippen molar-refractivity contribution in [3.05, 3.63) is 30.0 Å². The molecular formula is C16H24N2O. The smallest absolute Gasteiger partial charge is 0.0514 e. The van der Waals surface area contributed by atoms with E-state index in [1.54, 1.807) is 7.11 Å². The largest absolute Gasteiger partial charge is 0.399 e.